The van der Waals surface area contributed by atoms with Crippen LogP contribution in [0.25, 0.3) is 0 Å². The van der Waals surface area contributed by atoms with Crippen LogP contribution < -0.4 is 4.74 Å². The summed E-state index contributed by atoms with van der Waals surface area (Å²) in [7, 11) is -2.15. The lowest BCUT2D eigenvalue weighted by atomic mass is 10.1. The Morgan fingerprint density at radius 3 is 2.40 bits per heavy atom. The molecule has 0 amide bonds. The normalized spacial score (nSPS) is 12.8. The first-order valence-electron chi connectivity index (χ1n) is 7.91. The van der Waals surface area contributed by atoms with Crippen LogP contribution in [0, 0.1) is 0 Å². The lowest BCUT2D eigenvalue weighted by Gasteiger charge is -2.22. The minimum atomic E-state index is -3.70. The number of aliphatic hydroxyl groups is 1. The first-order valence-corrected chi connectivity index (χ1v) is 9.35. The highest BCUT2D eigenvalue weighted by Gasteiger charge is 2.24. The van der Waals surface area contributed by atoms with Gasteiger partial charge in [0.2, 0.25) is 10.0 Å². The van der Waals surface area contributed by atoms with Crippen molar-refractivity contribution in [3.05, 3.63) is 72.3 Å². The lowest BCUT2D eigenvalue weighted by Crippen LogP contribution is -2.31. The van der Waals surface area contributed by atoms with Crippen LogP contribution in [-0.4, -0.2) is 31.5 Å². The smallest absolute Gasteiger partial charge is 0.243 e. The molecule has 1 atom stereocenters. The molecular formula is C19H23NO4S. The third-order valence-corrected chi connectivity index (χ3v) is 5.70. The summed E-state index contributed by atoms with van der Waals surface area (Å²) in [6.45, 7) is 5.65. The number of benzene rings is 2. The van der Waals surface area contributed by atoms with Crippen molar-refractivity contribution in [1.29, 1.82) is 0 Å². The first kappa shape index (κ1) is 19.2. The molecule has 25 heavy (non-hydrogen) atoms. The van der Waals surface area contributed by atoms with Crippen molar-refractivity contribution in [3.8, 4) is 5.75 Å². The molecule has 1 N–H and O–H groups in total. The number of sulfonamides is 1. The van der Waals surface area contributed by atoms with Crippen LogP contribution in [0.3, 0.4) is 0 Å². The average molecular weight is 361 g/mol. The van der Waals surface area contributed by atoms with E-state index in [2.05, 4.69) is 6.58 Å². The molecule has 0 saturated heterocycles. The predicted molar refractivity (Wildman–Crippen MR) is 97.9 cm³/mol. The second-order valence-corrected chi connectivity index (χ2v) is 7.58. The molecule has 134 valence electrons. The third kappa shape index (κ3) is 4.48. The highest BCUT2D eigenvalue weighted by Crippen LogP contribution is 2.24. The zero-order valence-corrected chi connectivity index (χ0v) is 15.2. The van der Waals surface area contributed by atoms with E-state index in [1.54, 1.807) is 38.3 Å². The summed E-state index contributed by atoms with van der Waals surface area (Å²) in [6.07, 6.45) is 0.909. The van der Waals surface area contributed by atoms with Crippen LogP contribution in [0.2, 0.25) is 0 Å². The van der Waals surface area contributed by atoms with E-state index in [9.17, 15) is 13.5 Å². The van der Waals surface area contributed by atoms with Crippen LogP contribution in [0.1, 0.15) is 24.2 Å². The third-order valence-electron chi connectivity index (χ3n) is 3.87. The Morgan fingerprint density at radius 1 is 1.20 bits per heavy atom. The number of hydrogen-bond donors (Lipinski definition) is 1. The molecule has 0 aliphatic heterocycles. The maximum Gasteiger partial charge on any atom is 0.243 e. The summed E-state index contributed by atoms with van der Waals surface area (Å²) in [5.41, 5.74) is 1.44. The highest BCUT2D eigenvalue weighted by molar-refractivity contribution is 7.89. The van der Waals surface area contributed by atoms with E-state index in [1.807, 2.05) is 18.2 Å². The number of nitrogens with zero attached hydrogens (tertiary/aromatic N) is 1. The summed E-state index contributed by atoms with van der Waals surface area (Å²) in [5.74, 6) is 0.635. The van der Waals surface area contributed by atoms with Crippen molar-refractivity contribution in [2.24, 2.45) is 0 Å². The van der Waals surface area contributed by atoms with Gasteiger partial charge in [0.05, 0.1) is 18.1 Å². The Bertz CT molecular complexity index is 814. The molecule has 0 spiro atoms. The van der Waals surface area contributed by atoms with Crippen LogP contribution in [0.4, 0.5) is 0 Å². The van der Waals surface area contributed by atoms with Gasteiger partial charge in [-0.25, -0.2) is 8.42 Å². The average Bonchev–Trinajstić information content (AvgIpc) is 2.61. The number of ether oxygens (including phenoxy) is 1. The number of methoxy groups -OCH3 is 1. The van der Waals surface area contributed by atoms with Gasteiger partial charge in [-0.15, -0.1) is 6.58 Å². The van der Waals surface area contributed by atoms with Gasteiger partial charge >= 0.3 is 0 Å². The monoisotopic (exact) mass is 361 g/mol. The van der Waals surface area contributed by atoms with Crippen molar-refractivity contribution in [3.63, 3.8) is 0 Å². The number of para-hydroxylation sites is 1. The van der Waals surface area contributed by atoms with Crippen molar-refractivity contribution < 1.29 is 18.3 Å². The molecule has 2 rings (SSSR count). The summed E-state index contributed by atoms with van der Waals surface area (Å²) in [6, 6.07) is 13.6. The Morgan fingerprint density at radius 2 is 1.84 bits per heavy atom. The Balaban J connectivity index is 2.35. The zero-order chi connectivity index (χ0) is 18.4. The highest BCUT2D eigenvalue weighted by atomic mass is 32.2. The minimum Gasteiger partial charge on any atom is -0.496 e. The van der Waals surface area contributed by atoms with Gasteiger partial charge in [0.1, 0.15) is 5.75 Å². The number of aliphatic hydroxyl groups excluding tert-OH is 1. The van der Waals surface area contributed by atoms with Gasteiger partial charge in [0.25, 0.3) is 0 Å². The Kier molecular flexibility index (Phi) is 6.36. The van der Waals surface area contributed by atoms with Crippen molar-refractivity contribution in [1.82, 2.24) is 4.31 Å². The summed E-state index contributed by atoms with van der Waals surface area (Å²) < 4.78 is 32.6. The van der Waals surface area contributed by atoms with Crippen LogP contribution in [0.15, 0.2) is 66.1 Å². The topological polar surface area (TPSA) is 66.8 Å². The zero-order valence-electron chi connectivity index (χ0n) is 14.4. The van der Waals surface area contributed by atoms with E-state index in [0.29, 0.717) is 11.3 Å². The molecule has 0 saturated carbocycles. The number of hydrogen-bond acceptors (Lipinski definition) is 4. The number of rotatable bonds is 8. The molecule has 0 aliphatic rings. The van der Waals surface area contributed by atoms with Gasteiger partial charge in [-0.05, 0) is 30.7 Å². The molecule has 0 aliphatic carbocycles. The summed E-state index contributed by atoms with van der Waals surface area (Å²) in [4.78, 5) is 0.175. The quantitative estimate of drug-likeness (QED) is 0.734. The fourth-order valence-electron chi connectivity index (χ4n) is 2.48. The van der Waals surface area contributed by atoms with Gasteiger partial charge in [0.15, 0.2) is 0 Å². The molecule has 0 radical (unpaired) electrons. The lowest BCUT2D eigenvalue weighted by molar-refractivity contribution is 0.199. The van der Waals surface area contributed by atoms with Crippen molar-refractivity contribution in [2.75, 3.05) is 13.7 Å². The fraction of sp³-hybridized carbons (Fsp3) is 0.263. The molecular weight excluding hydrogens is 338 g/mol. The second kappa shape index (κ2) is 8.29. The van der Waals surface area contributed by atoms with Crippen LogP contribution in [-0.2, 0) is 16.6 Å². The van der Waals surface area contributed by atoms with Gasteiger partial charge in [-0.1, -0.05) is 36.4 Å². The molecule has 1 unspecified atom stereocenters. The maximum atomic E-state index is 13.0. The van der Waals surface area contributed by atoms with E-state index in [-0.39, 0.29) is 18.0 Å². The molecule has 2 aromatic rings. The van der Waals surface area contributed by atoms with Gasteiger partial charge in [-0.2, -0.15) is 4.31 Å². The summed E-state index contributed by atoms with van der Waals surface area (Å²) in [5, 5.41) is 9.58. The maximum absolute atomic E-state index is 13.0. The first-order chi connectivity index (χ1) is 11.9. The van der Waals surface area contributed by atoms with E-state index >= 15 is 0 Å². The molecule has 0 fully saturated rings. The van der Waals surface area contributed by atoms with Gasteiger partial charge in [0, 0.05) is 18.7 Å². The van der Waals surface area contributed by atoms with Gasteiger partial charge in [-0.3, -0.25) is 0 Å². The molecule has 0 aromatic heterocycles. The SMILES string of the molecule is C=CCN(Cc1ccccc1OC)S(=O)(=O)c1ccc(C(C)O)cc1. The molecule has 0 bridgehead atoms. The standard InChI is InChI=1S/C19H23NO4S/c1-4-13-20(14-17-7-5-6-8-19(17)24-3)25(22,23)18-11-9-16(10-12-18)15(2)21/h4-12,15,21H,1,13-14H2,2-3H3. The van der Waals surface area contributed by atoms with E-state index in [1.165, 1.54) is 16.4 Å². The van der Waals surface area contributed by atoms with E-state index < -0.39 is 16.1 Å². The van der Waals surface area contributed by atoms with Crippen molar-refractivity contribution >= 4 is 10.0 Å². The molecule has 5 nitrogen and oxygen atoms in total. The van der Waals surface area contributed by atoms with Crippen LogP contribution >= 0.6 is 0 Å². The van der Waals surface area contributed by atoms with Crippen molar-refractivity contribution in [2.45, 2.75) is 24.5 Å². The van der Waals surface area contributed by atoms with Crippen LogP contribution in [0.5, 0.6) is 5.75 Å². The predicted octanol–water partition coefficient (Wildman–Crippen LogP) is 3.13. The minimum absolute atomic E-state index is 0.175. The van der Waals surface area contributed by atoms with E-state index in [4.69, 9.17) is 4.74 Å². The van der Waals surface area contributed by atoms with Gasteiger partial charge < -0.3 is 9.84 Å². The van der Waals surface area contributed by atoms with E-state index in [0.717, 1.165) is 5.56 Å². The Labute approximate surface area is 149 Å². The molecule has 0 heterocycles. The second-order valence-electron chi connectivity index (χ2n) is 5.64. The Hall–Kier alpha value is -2.15. The molecule has 6 heteroatoms. The summed E-state index contributed by atoms with van der Waals surface area (Å²) >= 11 is 0. The largest absolute Gasteiger partial charge is 0.496 e. The molecule has 2 aromatic carbocycles. The fourth-order valence-corrected chi connectivity index (χ4v) is 3.87.